The summed E-state index contributed by atoms with van der Waals surface area (Å²) in [5.74, 6) is -3.42. The van der Waals surface area contributed by atoms with E-state index in [1.807, 2.05) is 0 Å². The van der Waals surface area contributed by atoms with Crippen LogP contribution >= 0.6 is 0 Å². The maximum atomic E-state index is 12.4. The van der Waals surface area contributed by atoms with Crippen molar-refractivity contribution >= 4 is 47.9 Å². The molecule has 0 aliphatic rings. The Kier molecular flexibility index (Phi) is 36.5. The van der Waals surface area contributed by atoms with E-state index in [0.717, 1.165) is 44.9 Å². The zero-order valence-electron chi connectivity index (χ0n) is 34.8. The van der Waals surface area contributed by atoms with E-state index in [-0.39, 0.29) is 104 Å². The lowest BCUT2D eigenvalue weighted by Crippen LogP contribution is -2.38. The molecule has 1 atom stereocenters. The van der Waals surface area contributed by atoms with Gasteiger partial charge < -0.3 is 55.0 Å². The number of carbonyl (C=O) groups excluding carboxylic acids is 5. The zero-order valence-corrected chi connectivity index (χ0v) is 34.8. The van der Waals surface area contributed by atoms with Crippen LogP contribution in [0.15, 0.2) is 0 Å². The van der Waals surface area contributed by atoms with Crippen molar-refractivity contribution in [2.24, 2.45) is 0 Å². The fraction of sp³-hybridized carbons (Fsp3) is 0.800. The Labute approximate surface area is 348 Å². The van der Waals surface area contributed by atoms with E-state index in [0.29, 0.717) is 24.0 Å². The van der Waals surface area contributed by atoms with Gasteiger partial charge in [0.15, 0.2) is 0 Å². The second-order valence-corrected chi connectivity index (χ2v) is 14.0. The Morgan fingerprint density at radius 3 is 1.49 bits per heavy atom. The van der Waals surface area contributed by atoms with Crippen LogP contribution in [0.2, 0.25) is 0 Å². The van der Waals surface area contributed by atoms with Crippen LogP contribution in [0.3, 0.4) is 0 Å². The molecular weight excluding hydrogens is 776 g/mol. The molecule has 340 valence electrons. The summed E-state index contributed by atoms with van der Waals surface area (Å²) in [5.41, 5.74) is 0. The van der Waals surface area contributed by atoms with Gasteiger partial charge in [-0.1, -0.05) is 77.0 Å². The first kappa shape index (κ1) is 54.8. The van der Waals surface area contributed by atoms with Gasteiger partial charge in [-0.25, -0.2) is 9.69 Å². The van der Waals surface area contributed by atoms with Crippen LogP contribution in [0.4, 0.5) is 4.79 Å². The first-order chi connectivity index (χ1) is 28.5. The Balaban J connectivity index is 3.71. The number of carbonyl (C=O) groups is 8. The van der Waals surface area contributed by atoms with E-state index < -0.39 is 41.8 Å². The number of hydrogen-bond donors (Lipinski definition) is 6. The fourth-order valence-corrected chi connectivity index (χ4v) is 5.64. The lowest BCUT2D eigenvalue weighted by Gasteiger charge is -2.17. The normalized spacial score (nSPS) is 11.4. The van der Waals surface area contributed by atoms with Crippen molar-refractivity contribution in [3.8, 4) is 0 Å². The number of aliphatic carboxylic acids is 2. The van der Waals surface area contributed by atoms with Gasteiger partial charge in [-0.3, -0.25) is 28.8 Å². The number of carboxylic acids is 2. The van der Waals surface area contributed by atoms with E-state index in [4.69, 9.17) is 29.2 Å². The third-order valence-corrected chi connectivity index (χ3v) is 8.88. The standard InChI is InChI=1S/C40H70N4O15/c45-30-33(19-20-39(52)53)43-36(48)32-59-28-26-56-24-22-42-35(47)31-58-29-27-57-25-23-44(40(54)55)37(49)17-15-21-41-34(46)16-13-11-9-7-5-3-1-2-4-6-8-10-12-14-18-38(50)51/h30,33H,1-29,31-32H2,(H,41,46)(H,42,47)(H,43,48)(H,50,51)(H,52,53)(H,54,55)/t33-/m0/s1. The van der Waals surface area contributed by atoms with Gasteiger partial charge in [-0.2, -0.15) is 0 Å². The maximum Gasteiger partial charge on any atom is 0.414 e. The van der Waals surface area contributed by atoms with Crippen molar-refractivity contribution in [3.05, 3.63) is 0 Å². The predicted octanol–water partition coefficient (Wildman–Crippen LogP) is 3.45. The number of aldehydes is 1. The molecule has 59 heavy (non-hydrogen) atoms. The minimum atomic E-state index is -1.40. The number of hydrogen-bond acceptors (Lipinski definition) is 12. The summed E-state index contributed by atoms with van der Waals surface area (Å²) in [5, 5.41) is 34.5. The molecule has 6 N–H and O–H groups in total. The van der Waals surface area contributed by atoms with Gasteiger partial charge in [-0.05, 0) is 25.7 Å². The highest BCUT2D eigenvalue weighted by Crippen LogP contribution is 2.14. The molecule has 0 fully saturated rings. The fourth-order valence-electron chi connectivity index (χ4n) is 5.64. The van der Waals surface area contributed by atoms with E-state index in [9.17, 15) is 43.5 Å². The smallest absolute Gasteiger partial charge is 0.414 e. The topological polar surface area (TPSA) is 273 Å². The van der Waals surface area contributed by atoms with E-state index >= 15 is 0 Å². The van der Waals surface area contributed by atoms with Gasteiger partial charge in [0.1, 0.15) is 19.5 Å². The third-order valence-electron chi connectivity index (χ3n) is 8.88. The van der Waals surface area contributed by atoms with Gasteiger partial charge in [-0.15, -0.1) is 0 Å². The molecule has 0 radical (unpaired) electrons. The number of ether oxygens (including phenoxy) is 4. The molecule has 19 nitrogen and oxygen atoms in total. The molecule has 0 saturated carbocycles. The first-order valence-corrected chi connectivity index (χ1v) is 21.0. The van der Waals surface area contributed by atoms with E-state index in [1.165, 1.54) is 44.9 Å². The summed E-state index contributed by atoms with van der Waals surface area (Å²) in [6.45, 7) is 0.204. The lowest BCUT2D eigenvalue weighted by molar-refractivity contribution is -0.138. The number of nitrogens with one attached hydrogen (secondary N) is 3. The lowest BCUT2D eigenvalue weighted by atomic mass is 10.0. The molecule has 0 unspecified atom stereocenters. The van der Waals surface area contributed by atoms with Gasteiger partial charge >= 0.3 is 18.0 Å². The van der Waals surface area contributed by atoms with Crippen molar-refractivity contribution in [1.82, 2.24) is 20.9 Å². The van der Waals surface area contributed by atoms with Crippen molar-refractivity contribution in [1.29, 1.82) is 0 Å². The molecule has 0 spiro atoms. The summed E-state index contributed by atoms with van der Waals surface area (Å²) in [7, 11) is 0. The molecule has 0 aromatic carbocycles. The summed E-state index contributed by atoms with van der Waals surface area (Å²) in [6, 6.07) is -0.905. The Morgan fingerprint density at radius 1 is 0.492 bits per heavy atom. The predicted molar refractivity (Wildman–Crippen MR) is 215 cm³/mol. The number of amides is 5. The number of rotatable bonds is 42. The molecule has 0 rings (SSSR count). The Hall–Kier alpha value is -4.20. The number of nitrogens with zero attached hydrogens (tertiary/aromatic N) is 1. The van der Waals surface area contributed by atoms with Crippen LogP contribution in [0.1, 0.15) is 128 Å². The van der Waals surface area contributed by atoms with E-state index in [2.05, 4.69) is 16.0 Å². The third kappa shape index (κ3) is 37.8. The molecule has 0 aliphatic heterocycles. The molecule has 0 saturated heterocycles. The minimum absolute atomic E-state index is 0.0189. The summed E-state index contributed by atoms with van der Waals surface area (Å²) < 4.78 is 21.0. The van der Waals surface area contributed by atoms with E-state index in [1.54, 1.807) is 0 Å². The van der Waals surface area contributed by atoms with Crippen molar-refractivity contribution < 1.29 is 72.6 Å². The number of unbranched alkanes of at least 4 members (excludes halogenated alkanes) is 13. The molecule has 0 aromatic heterocycles. The maximum absolute atomic E-state index is 12.4. The summed E-state index contributed by atoms with van der Waals surface area (Å²) >= 11 is 0. The molecule has 0 bridgehead atoms. The largest absolute Gasteiger partial charge is 0.481 e. The monoisotopic (exact) mass is 846 g/mol. The van der Waals surface area contributed by atoms with Crippen molar-refractivity contribution in [3.63, 3.8) is 0 Å². The van der Waals surface area contributed by atoms with Crippen LogP contribution in [0, 0.1) is 0 Å². The molecule has 0 heterocycles. The quantitative estimate of drug-likeness (QED) is 0.0379. The molecule has 19 heteroatoms. The average Bonchev–Trinajstić information content (AvgIpc) is 3.19. The number of carboxylic acid groups (broad SMARTS) is 3. The second-order valence-electron chi connectivity index (χ2n) is 14.0. The van der Waals surface area contributed by atoms with Gasteiger partial charge in [0, 0.05) is 38.8 Å². The molecule has 0 aliphatic carbocycles. The Morgan fingerprint density at radius 2 is 0.966 bits per heavy atom. The Bertz CT molecular complexity index is 1190. The van der Waals surface area contributed by atoms with Gasteiger partial charge in [0.2, 0.25) is 23.6 Å². The van der Waals surface area contributed by atoms with Gasteiger partial charge in [0.05, 0.1) is 52.2 Å². The second kappa shape index (κ2) is 39.3. The van der Waals surface area contributed by atoms with Crippen LogP contribution in [-0.2, 0) is 52.5 Å². The van der Waals surface area contributed by atoms with Crippen LogP contribution in [0.25, 0.3) is 0 Å². The van der Waals surface area contributed by atoms with Crippen LogP contribution in [-0.4, -0.2) is 147 Å². The average molecular weight is 847 g/mol. The molecule has 0 aromatic rings. The zero-order chi connectivity index (χ0) is 43.8. The summed E-state index contributed by atoms with van der Waals surface area (Å²) in [6.07, 6.45) is 15.2. The van der Waals surface area contributed by atoms with Crippen LogP contribution < -0.4 is 16.0 Å². The van der Waals surface area contributed by atoms with Crippen LogP contribution in [0.5, 0.6) is 0 Å². The first-order valence-electron chi connectivity index (χ1n) is 21.0. The van der Waals surface area contributed by atoms with Gasteiger partial charge in [0.25, 0.3) is 0 Å². The minimum Gasteiger partial charge on any atom is -0.481 e. The highest BCUT2D eigenvalue weighted by molar-refractivity contribution is 5.91. The van der Waals surface area contributed by atoms with Crippen molar-refractivity contribution in [2.75, 3.05) is 72.5 Å². The molecular formula is C40H70N4O15. The summed E-state index contributed by atoms with van der Waals surface area (Å²) in [4.78, 5) is 92.4. The highest BCUT2D eigenvalue weighted by Gasteiger charge is 2.20. The SMILES string of the molecule is O=C[C@H](CCC(=O)O)NC(=O)COCCOCCNC(=O)COCCOCCN(C(=O)O)C(=O)CCCNC(=O)CCCCCCCCCCCCCCCCC(=O)O. The molecule has 5 amide bonds. The van der Waals surface area contributed by atoms with Crippen molar-refractivity contribution in [2.45, 2.75) is 134 Å². The highest BCUT2D eigenvalue weighted by atomic mass is 16.5. The number of imide groups is 1.